The van der Waals surface area contributed by atoms with Gasteiger partial charge in [0.2, 0.25) is 0 Å². The van der Waals surface area contributed by atoms with Crippen molar-refractivity contribution in [1.29, 1.82) is 0 Å². The third-order valence-electron chi connectivity index (χ3n) is 1.75. The second-order valence-corrected chi connectivity index (χ2v) is 4.67. The van der Waals surface area contributed by atoms with Gasteiger partial charge in [0.1, 0.15) is 0 Å². The Labute approximate surface area is 77.5 Å². The van der Waals surface area contributed by atoms with Crippen molar-refractivity contribution in [3.05, 3.63) is 37.2 Å². The number of hydrogen-bond acceptors (Lipinski definition) is 3. The Morgan fingerprint density at radius 3 is 1.92 bits per heavy atom. The molecule has 0 aliphatic heterocycles. The zero-order chi connectivity index (χ0) is 9.10. The van der Waals surface area contributed by atoms with Crippen LogP contribution in [0.4, 0.5) is 0 Å². The summed E-state index contributed by atoms with van der Waals surface area (Å²) in [5, 5.41) is 5.58. The van der Waals surface area contributed by atoms with E-state index in [0.717, 1.165) is 0 Å². The summed E-state index contributed by atoms with van der Waals surface area (Å²) in [6.45, 7) is 0. The standard InChI is InChI=1S/C9H10NO2P/c1-10-13(8-2-4-11-6-8)9-3-5-12-7-9/h2-7,10H,1H3. The maximum atomic E-state index is 5.04. The molecule has 1 N–H and O–H groups in total. The molecule has 2 rings (SSSR count). The summed E-state index contributed by atoms with van der Waals surface area (Å²) in [7, 11) is 1.42. The smallest absolute Gasteiger partial charge is 0.0995 e. The van der Waals surface area contributed by atoms with Crippen LogP contribution in [0.1, 0.15) is 0 Å². The Morgan fingerprint density at radius 2 is 1.62 bits per heavy atom. The predicted molar refractivity (Wildman–Crippen MR) is 52.7 cm³/mol. The van der Waals surface area contributed by atoms with Crippen molar-refractivity contribution >= 4 is 18.7 Å². The van der Waals surface area contributed by atoms with Crippen molar-refractivity contribution in [3.63, 3.8) is 0 Å². The number of hydrogen-bond donors (Lipinski definition) is 1. The summed E-state index contributed by atoms with van der Waals surface area (Å²) in [5.74, 6) is 0. The summed E-state index contributed by atoms with van der Waals surface area (Å²) in [6, 6.07) is 3.93. The largest absolute Gasteiger partial charge is 0.472 e. The first-order valence-corrected chi connectivity index (χ1v) is 5.28. The van der Waals surface area contributed by atoms with E-state index in [1.165, 1.54) is 10.6 Å². The third-order valence-corrected chi connectivity index (χ3v) is 3.74. The summed E-state index contributed by atoms with van der Waals surface area (Å²) in [5.41, 5.74) is 0. The van der Waals surface area contributed by atoms with Crippen LogP contribution in [0.25, 0.3) is 0 Å². The first kappa shape index (κ1) is 8.54. The van der Waals surface area contributed by atoms with E-state index in [1.54, 1.807) is 25.1 Å². The topological polar surface area (TPSA) is 38.3 Å². The lowest BCUT2D eigenvalue weighted by molar-refractivity contribution is 0.569. The molecule has 2 heterocycles. The van der Waals surface area contributed by atoms with E-state index in [0.29, 0.717) is 0 Å². The highest BCUT2D eigenvalue weighted by Gasteiger charge is 2.13. The van der Waals surface area contributed by atoms with E-state index in [9.17, 15) is 0 Å². The maximum absolute atomic E-state index is 5.04. The van der Waals surface area contributed by atoms with Gasteiger partial charge in [0.05, 0.1) is 25.1 Å². The van der Waals surface area contributed by atoms with Gasteiger partial charge in [-0.2, -0.15) is 0 Å². The molecule has 2 aromatic heterocycles. The lowest BCUT2D eigenvalue weighted by Gasteiger charge is -2.11. The minimum Gasteiger partial charge on any atom is -0.472 e. The van der Waals surface area contributed by atoms with Gasteiger partial charge in [-0.05, 0) is 19.2 Å². The minimum atomic E-state index is -0.512. The Bertz CT molecular complexity index is 307. The van der Waals surface area contributed by atoms with E-state index in [1.807, 2.05) is 19.2 Å². The van der Waals surface area contributed by atoms with Gasteiger partial charge in [0.15, 0.2) is 0 Å². The van der Waals surface area contributed by atoms with Crippen LogP contribution in [0.15, 0.2) is 46.0 Å². The van der Waals surface area contributed by atoms with Crippen LogP contribution in [-0.2, 0) is 0 Å². The summed E-state index contributed by atoms with van der Waals surface area (Å²) >= 11 is 0. The van der Waals surface area contributed by atoms with Gasteiger partial charge in [0.25, 0.3) is 0 Å². The molecule has 0 aromatic carbocycles. The van der Waals surface area contributed by atoms with Crippen LogP contribution in [-0.4, -0.2) is 7.05 Å². The van der Waals surface area contributed by atoms with Gasteiger partial charge >= 0.3 is 0 Å². The first-order chi connectivity index (χ1) is 6.42. The van der Waals surface area contributed by atoms with Gasteiger partial charge in [-0.25, -0.2) is 0 Å². The fourth-order valence-electron chi connectivity index (χ4n) is 1.18. The second kappa shape index (κ2) is 3.77. The van der Waals surface area contributed by atoms with Crippen molar-refractivity contribution in [2.24, 2.45) is 0 Å². The molecule has 13 heavy (non-hydrogen) atoms. The molecule has 0 bridgehead atoms. The Morgan fingerprint density at radius 1 is 1.08 bits per heavy atom. The van der Waals surface area contributed by atoms with Crippen LogP contribution >= 0.6 is 8.07 Å². The lowest BCUT2D eigenvalue weighted by atomic mass is 10.7. The molecule has 4 heteroatoms. The summed E-state index contributed by atoms with van der Waals surface area (Å²) in [4.78, 5) is 0. The molecule has 0 spiro atoms. The van der Waals surface area contributed by atoms with E-state index >= 15 is 0 Å². The van der Waals surface area contributed by atoms with E-state index in [4.69, 9.17) is 8.83 Å². The van der Waals surface area contributed by atoms with Crippen LogP contribution in [0.2, 0.25) is 0 Å². The maximum Gasteiger partial charge on any atom is 0.0995 e. The quantitative estimate of drug-likeness (QED) is 0.753. The van der Waals surface area contributed by atoms with Crippen LogP contribution in [0, 0.1) is 0 Å². The number of rotatable bonds is 3. The molecule has 0 aliphatic carbocycles. The van der Waals surface area contributed by atoms with E-state index in [2.05, 4.69) is 5.09 Å². The van der Waals surface area contributed by atoms with Gasteiger partial charge in [-0.3, -0.25) is 5.09 Å². The Balaban J connectivity index is 2.29. The van der Waals surface area contributed by atoms with Crippen LogP contribution in [0.3, 0.4) is 0 Å². The molecule has 0 radical (unpaired) electrons. The summed E-state index contributed by atoms with van der Waals surface area (Å²) in [6.07, 6.45) is 6.88. The highest BCUT2D eigenvalue weighted by atomic mass is 31.1. The molecule has 0 unspecified atom stereocenters. The normalized spacial score (nSPS) is 10.9. The molecule has 0 aliphatic rings. The van der Waals surface area contributed by atoms with Crippen molar-refractivity contribution < 1.29 is 8.83 Å². The zero-order valence-corrected chi connectivity index (χ0v) is 8.12. The van der Waals surface area contributed by atoms with Gasteiger partial charge < -0.3 is 8.83 Å². The summed E-state index contributed by atoms with van der Waals surface area (Å²) < 4.78 is 10.1. The zero-order valence-electron chi connectivity index (χ0n) is 7.23. The monoisotopic (exact) mass is 195 g/mol. The molecule has 2 aromatic rings. The molecule has 0 fully saturated rings. The lowest BCUT2D eigenvalue weighted by Crippen LogP contribution is -2.17. The molecule has 0 saturated heterocycles. The molecular formula is C9H10NO2P. The van der Waals surface area contributed by atoms with Gasteiger partial charge in [-0.15, -0.1) is 0 Å². The predicted octanol–water partition coefficient (Wildman–Crippen LogP) is 1.44. The first-order valence-electron chi connectivity index (χ1n) is 3.93. The minimum absolute atomic E-state index is 0.512. The molecule has 0 atom stereocenters. The fourth-order valence-corrected chi connectivity index (χ4v) is 2.74. The average molecular weight is 195 g/mol. The van der Waals surface area contributed by atoms with Crippen LogP contribution in [0.5, 0.6) is 0 Å². The molecule has 68 valence electrons. The molecule has 0 amide bonds. The second-order valence-electron chi connectivity index (χ2n) is 2.52. The molecule has 0 saturated carbocycles. The number of furan rings is 2. The van der Waals surface area contributed by atoms with Gasteiger partial charge in [0, 0.05) is 18.7 Å². The number of nitrogens with one attached hydrogen (secondary N) is 1. The Kier molecular flexibility index (Phi) is 2.48. The Hall–Kier alpha value is -1.05. The van der Waals surface area contributed by atoms with Crippen molar-refractivity contribution in [2.75, 3.05) is 7.05 Å². The van der Waals surface area contributed by atoms with E-state index < -0.39 is 8.07 Å². The van der Waals surface area contributed by atoms with Crippen molar-refractivity contribution in [1.82, 2.24) is 5.09 Å². The highest BCUT2D eigenvalue weighted by Crippen LogP contribution is 2.27. The van der Waals surface area contributed by atoms with E-state index in [-0.39, 0.29) is 0 Å². The SMILES string of the molecule is CNP(c1ccoc1)c1ccoc1. The third kappa shape index (κ3) is 1.67. The van der Waals surface area contributed by atoms with Crippen molar-refractivity contribution in [2.45, 2.75) is 0 Å². The average Bonchev–Trinajstić information content (AvgIpc) is 2.76. The molecule has 3 nitrogen and oxygen atoms in total. The highest BCUT2D eigenvalue weighted by molar-refractivity contribution is 7.71. The molecular weight excluding hydrogens is 185 g/mol. The van der Waals surface area contributed by atoms with Crippen molar-refractivity contribution in [3.8, 4) is 0 Å². The fraction of sp³-hybridized carbons (Fsp3) is 0.111. The van der Waals surface area contributed by atoms with Gasteiger partial charge in [-0.1, -0.05) is 0 Å². The van der Waals surface area contributed by atoms with Crippen LogP contribution < -0.4 is 15.7 Å².